The lowest BCUT2D eigenvalue weighted by atomic mass is 9.74. The van der Waals surface area contributed by atoms with Gasteiger partial charge in [0.2, 0.25) is 0 Å². The fourth-order valence-corrected chi connectivity index (χ4v) is 3.61. The number of hydrogen-bond donors (Lipinski definition) is 0. The highest BCUT2D eigenvalue weighted by Gasteiger charge is 2.30. The van der Waals surface area contributed by atoms with Crippen LogP contribution in [0.4, 0.5) is 0 Å². The molecule has 0 aliphatic carbocycles. The van der Waals surface area contributed by atoms with Gasteiger partial charge < -0.3 is 14.2 Å². The Labute approximate surface area is 183 Å². The highest BCUT2D eigenvalue weighted by Crippen LogP contribution is 2.32. The van der Waals surface area contributed by atoms with E-state index in [1.165, 1.54) is 11.1 Å². The van der Waals surface area contributed by atoms with E-state index < -0.39 is 0 Å². The highest BCUT2D eigenvalue weighted by atomic mass is 16.5. The fourth-order valence-electron chi connectivity index (χ4n) is 3.61. The Balaban J connectivity index is 1.61. The van der Waals surface area contributed by atoms with Crippen molar-refractivity contribution >= 4 is 0 Å². The first-order valence-corrected chi connectivity index (χ1v) is 11.3. The van der Waals surface area contributed by atoms with Crippen molar-refractivity contribution in [2.45, 2.75) is 46.0 Å². The van der Waals surface area contributed by atoms with E-state index >= 15 is 0 Å². The maximum atomic E-state index is 5.98. The molecule has 2 aromatic rings. The van der Waals surface area contributed by atoms with E-state index in [2.05, 4.69) is 95.3 Å². The van der Waals surface area contributed by atoms with Gasteiger partial charge in [0.1, 0.15) is 0 Å². The molecule has 0 fully saturated rings. The molecule has 2 aromatic carbocycles. The van der Waals surface area contributed by atoms with Crippen molar-refractivity contribution in [1.29, 1.82) is 0 Å². The first-order chi connectivity index (χ1) is 14.4. The van der Waals surface area contributed by atoms with Crippen molar-refractivity contribution in [1.82, 2.24) is 0 Å². The molecule has 0 aliphatic heterocycles. The standard InChI is InChI=1S/C27H40O3/c1-22(2)26(24-12-8-6-9-13-24)20-29-18-16-28-17-19-30-21-27(5,23(3)4)25-14-10-7-11-15-25/h6-15,22-23,26H,16-21H2,1-5H3/t26-,27+/m0/s1. The summed E-state index contributed by atoms with van der Waals surface area (Å²) in [6, 6.07) is 21.2. The average molecular weight is 413 g/mol. The minimum atomic E-state index is 0.00761. The molecule has 0 unspecified atom stereocenters. The predicted molar refractivity (Wildman–Crippen MR) is 125 cm³/mol. The molecule has 3 nitrogen and oxygen atoms in total. The lowest BCUT2D eigenvalue weighted by molar-refractivity contribution is -0.00344. The van der Waals surface area contributed by atoms with E-state index in [0.717, 1.165) is 6.61 Å². The van der Waals surface area contributed by atoms with Crippen LogP contribution in [-0.4, -0.2) is 39.6 Å². The highest BCUT2D eigenvalue weighted by molar-refractivity contribution is 5.25. The number of ether oxygens (including phenoxy) is 3. The van der Waals surface area contributed by atoms with E-state index in [4.69, 9.17) is 14.2 Å². The molecule has 0 bridgehead atoms. The van der Waals surface area contributed by atoms with Gasteiger partial charge in [0, 0.05) is 11.3 Å². The van der Waals surface area contributed by atoms with Gasteiger partial charge in [-0.25, -0.2) is 0 Å². The minimum Gasteiger partial charge on any atom is -0.378 e. The zero-order chi connectivity index (χ0) is 21.8. The van der Waals surface area contributed by atoms with Crippen LogP contribution in [0.15, 0.2) is 60.7 Å². The molecule has 2 rings (SSSR count). The van der Waals surface area contributed by atoms with Gasteiger partial charge in [0.25, 0.3) is 0 Å². The summed E-state index contributed by atoms with van der Waals surface area (Å²) in [6.45, 7) is 15.1. The largest absolute Gasteiger partial charge is 0.378 e. The van der Waals surface area contributed by atoms with Crippen LogP contribution in [0.3, 0.4) is 0 Å². The number of benzene rings is 2. The van der Waals surface area contributed by atoms with E-state index in [1.54, 1.807) is 0 Å². The molecule has 0 N–H and O–H groups in total. The van der Waals surface area contributed by atoms with Crippen molar-refractivity contribution in [3.8, 4) is 0 Å². The molecule has 30 heavy (non-hydrogen) atoms. The molecule has 166 valence electrons. The summed E-state index contributed by atoms with van der Waals surface area (Å²) in [6.07, 6.45) is 0. The summed E-state index contributed by atoms with van der Waals surface area (Å²) in [5.74, 6) is 1.45. The summed E-state index contributed by atoms with van der Waals surface area (Å²) >= 11 is 0. The second-order valence-corrected chi connectivity index (χ2v) is 8.94. The summed E-state index contributed by atoms with van der Waals surface area (Å²) in [5, 5.41) is 0. The van der Waals surface area contributed by atoms with Crippen LogP contribution in [-0.2, 0) is 19.6 Å². The van der Waals surface area contributed by atoms with Crippen LogP contribution in [0, 0.1) is 11.8 Å². The maximum Gasteiger partial charge on any atom is 0.0701 e. The molecule has 0 amide bonds. The van der Waals surface area contributed by atoms with Crippen LogP contribution in [0.5, 0.6) is 0 Å². The van der Waals surface area contributed by atoms with E-state index in [9.17, 15) is 0 Å². The normalized spacial score (nSPS) is 14.8. The Bertz CT molecular complexity index is 684. The van der Waals surface area contributed by atoms with Crippen molar-refractivity contribution in [3.05, 3.63) is 71.8 Å². The number of rotatable bonds is 14. The van der Waals surface area contributed by atoms with Gasteiger partial charge in [-0.1, -0.05) is 95.3 Å². The van der Waals surface area contributed by atoms with E-state index in [0.29, 0.717) is 50.8 Å². The Morgan fingerprint density at radius 2 is 1.23 bits per heavy atom. The quantitative estimate of drug-likeness (QED) is 0.351. The zero-order valence-electron chi connectivity index (χ0n) is 19.5. The zero-order valence-corrected chi connectivity index (χ0v) is 19.5. The van der Waals surface area contributed by atoms with E-state index in [-0.39, 0.29) is 5.41 Å². The van der Waals surface area contributed by atoms with Crippen molar-refractivity contribution < 1.29 is 14.2 Å². The Morgan fingerprint density at radius 3 is 1.80 bits per heavy atom. The van der Waals surface area contributed by atoms with Crippen LogP contribution in [0.2, 0.25) is 0 Å². The molecule has 0 aromatic heterocycles. The van der Waals surface area contributed by atoms with Crippen LogP contribution in [0.1, 0.15) is 51.7 Å². The van der Waals surface area contributed by atoms with Crippen molar-refractivity contribution in [2.75, 3.05) is 39.6 Å². The molecular formula is C27H40O3. The predicted octanol–water partition coefficient (Wildman–Crippen LogP) is 6.09. The summed E-state index contributed by atoms with van der Waals surface area (Å²) in [5.41, 5.74) is 2.68. The van der Waals surface area contributed by atoms with Crippen LogP contribution in [0.25, 0.3) is 0 Å². The molecule has 0 saturated heterocycles. The van der Waals surface area contributed by atoms with Crippen molar-refractivity contribution in [2.24, 2.45) is 11.8 Å². The third-order valence-electron chi connectivity index (χ3n) is 6.18. The lowest BCUT2D eigenvalue weighted by Crippen LogP contribution is -2.34. The molecule has 0 aliphatic rings. The monoisotopic (exact) mass is 412 g/mol. The van der Waals surface area contributed by atoms with Gasteiger partial charge in [-0.15, -0.1) is 0 Å². The lowest BCUT2D eigenvalue weighted by Gasteiger charge is -2.34. The second-order valence-electron chi connectivity index (χ2n) is 8.94. The SMILES string of the molecule is CC(C)[C@H](COCCOCCOC[C@@](C)(c1ccccc1)C(C)C)c1ccccc1. The smallest absolute Gasteiger partial charge is 0.0701 e. The second kappa shape index (κ2) is 12.9. The summed E-state index contributed by atoms with van der Waals surface area (Å²) < 4.78 is 17.6. The van der Waals surface area contributed by atoms with Crippen LogP contribution < -0.4 is 0 Å². The fraction of sp³-hybridized carbons (Fsp3) is 0.556. The van der Waals surface area contributed by atoms with Gasteiger partial charge in [-0.3, -0.25) is 0 Å². The Morgan fingerprint density at radius 1 is 0.700 bits per heavy atom. The Hall–Kier alpha value is -1.68. The maximum absolute atomic E-state index is 5.98. The topological polar surface area (TPSA) is 27.7 Å². The number of hydrogen-bond acceptors (Lipinski definition) is 3. The van der Waals surface area contributed by atoms with Gasteiger partial charge in [0.05, 0.1) is 39.6 Å². The molecule has 0 heterocycles. The molecular weight excluding hydrogens is 372 g/mol. The first-order valence-electron chi connectivity index (χ1n) is 11.3. The van der Waals surface area contributed by atoms with Gasteiger partial charge in [-0.2, -0.15) is 0 Å². The van der Waals surface area contributed by atoms with Gasteiger partial charge in [-0.05, 0) is 23.0 Å². The first kappa shape index (κ1) is 24.6. The Kier molecular flexibility index (Phi) is 10.6. The van der Waals surface area contributed by atoms with Crippen LogP contribution >= 0.6 is 0 Å². The van der Waals surface area contributed by atoms with Gasteiger partial charge in [0.15, 0.2) is 0 Å². The molecule has 2 atom stereocenters. The van der Waals surface area contributed by atoms with Crippen molar-refractivity contribution in [3.63, 3.8) is 0 Å². The third kappa shape index (κ3) is 7.54. The molecule has 0 radical (unpaired) electrons. The molecule has 0 saturated carbocycles. The molecule has 0 spiro atoms. The third-order valence-corrected chi connectivity index (χ3v) is 6.18. The average Bonchev–Trinajstić information content (AvgIpc) is 2.75. The summed E-state index contributed by atoms with van der Waals surface area (Å²) in [4.78, 5) is 0. The molecule has 3 heteroatoms. The van der Waals surface area contributed by atoms with E-state index in [1.807, 2.05) is 0 Å². The summed E-state index contributed by atoms with van der Waals surface area (Å²) in [7, 11) is 0. The minimum absolute atomic E-state index is 0.00761. The van der Waals surface area contributed by atoms with Gasteiger partial charge >= 0.3 is 0 Å².